The van der Waals surface area contributed by atoms with Crippen LogP contribution in [0.15, 0.2) is 79.4 Å². The zero-order chi connectivity index (χ0) is 22.2. The Labute approximate surface area is 182 Å². The maximum Gasteiger partial charge on any atom is 0.411 e. The number of ether oxygens (including phenoxy) is 1. The van der Waals surface area contributed by atoms with Gasteiger partial charge >= 0.3 is 6.09 Å². The molecule has 0 aliphatic rings. The highest BCUT2D eigenvalue weighted by Crippen LogP contribution is 2.17. The predicted octanol–water partition coefficient (Wildman–Crippen LogP) is 5.67. The second kappa shape index (κ2) is 10.3. The van der Waals surface area contributed by atoms with Crippen LogP contribution in [0.3, 0.4) is 0 Å². The van der Waals surface area contributed by atoms with E-state index in [2.05, 4.69) is 17.2 Å². The Balaban J connectivity index is 1.68. The van der Waals surface area contributed by atoms with Crippen LogP contribution in [0.4, 0.5) is 10.5 Å². The first-order chi connectivity index (χ1) is 14.9. The second-order valence-electron chi connectivity index (χ2n) is 7.36. The van der Waals surface area contributed by atoms with Crippen LogP contribution in [0.25, 0.3) is 6.08 Å². The predicted molar refractivity (Wildman–Crippen MR) is 124 cm³/mol. The van der Waals surface area contributed by atoms with Crippen molar-refractivity contribution in [2.75, 3.05) is 11.9 Å². The number of hydrogen-bond acceptors (Lipinski definition) is 3. The number of carbonyl (C=O) groups excluding carboxylic acids is 2. The summed E-state index contributed by atoms with van der Waals surface area (Å²) in [6.07, 6.45) is 1.15. The fourth-order valence-corrected chi connectivity index (χ4v) is 3.28. The molecular formula is C26H26N2O3. The molecule has 0 unspecified atom stereocenters. The van der Waals surface area contributed by atoms with E-state index in [-0.39, 0.29) is 12.5 Å². The van der Waals surface area contributed by atoms with Crippen molar-refractivity contribution in [1.82, 2.24) is 5.32 Å². The number of benzene rings is 3. The van der Waals surface area contributed by atoms with Crippen molar-refractivity contribution in [3.05, 3.63) is 107 Å². The van der Waals surface area contributed by atoms with Crippen LogP contribution in [-0.4, -0.2) is 18.6 Å². The summed E-state index contributed by atoms with van der Waals surface area (Å²) >= 11 is 0. The van der Waals surface area contributed by atoms with E-state index >= 15 is 0 Å². The standard InChI is InChI=1S/C26H26N2O3/c1-4-20-10-12-22(13-11-20)25(29)28-24(21-8-6-5-7-9-21)17-31-26(30)27-23-15-18(2)14-19(3)16-23/h4-16,24H,1,17H2,2-3H3,(H,27,30)(H,28,29)/t24-/m1/s1. The molecule has 0 heterocycles. The van der Waals surface area contributed by atoms with Crippen molar-refractivity contribution < 1.29 is 14.3 Å². The van der Waals surface area contributed by atoms with Crippen LogP contribution < -0.4 is 10.6 Å². The maximum absolute atomic E-state index is 12.7. The summed E-state index contributed by atoms with van der Waals surface area (Å²) in [5.41, 5.74) is 5.07. The second-order valence-corrected chi connectivity index (χ2v) is 7.36. The Morgan fingerprint density at radius 2 is 1.61 bits per heavy atom. The molecular weight excluding hydrogens is 388 g/mol. The zero-order valence-electron chi connectivity index (χ0n) is 17.7. The van der Waals surface area contributed by atoms with Crippen molar-refractivity contribution in [1.29, 1.82) is 0 Å². The topological polar surface area (TPSA) is 67.4 Å². The molecule has 158 valence electrons. The van der Waals surface area contributed by atoms with E-state index in [0.29, 0.717) is 11.3 Å². The van der Waals surface area contributed by atoms with Crippen molar-refractivity contribution in [3.63, 3.8) is 0 Å². The minimum absolute atomic E-state index is 0.00285. The molecule has 0 aliphatic carbocycles. The summed E-state index contributed by atoms with van der Waals surface area (Å²) in [5.74, 6) is -0.247. The van der Waals surface area contributed by atoms with Gasteiger partial charge in [0.05, 0.1) is 6.04 Å². The van der Waals surface area contributed by atoms with Gasteiger partial charge in [0.25, 0.3) is 5.91 Å². The lowest BCUT2D eigenvalue weighted by molar-refractivity contribution is 0.0901. The van der Waals surface area contributed by atoms with Crippen LogP contribution in [0.2, 0.25) is 0 Å². The number of anilines is 1. The summed E-state index contributed by atoms with van der Waals surface area (Å²) in [6.45, 7) is 7.64. The van der Waals surface area contributed by atoms with Crippen LogP contribution in [0, 0.1) is 13.8 Å². The number of rotatable bonds is 7. The van der Waals surface area contributed by atoms with Gasteiger partial charge in [0.2, 0.25) is 0 Å². The summed E-state index contributed by atoms with van der Waals surface area (Å²) in [7, 11) is 0. The molecule has 3 rings (SSSR count). The highest BCUT2D eigenvalue weighted by Gasteiger charge is 2.18. The minimum Gasteiger partial charge on any atom is -0.447 e. The average Bonchev–Trinajstić information content (AvgIpc) is 2.76. The lowest BCUT2D eigenvalue weighted by atomic mass is 10.1. The van der Waals surface area contributed by atoms with E-state index in [4.69, 9.17) is 4.74 Å². The van der Waals surface area contributed by atoms with Gasteiger partial charge in [-0.25, -0.2) is 4.79 Å². The first-order valence-corrected chi connectivity index (χ1v) is 10.0. The first-order valence-electron chi connectivity index (χ1n) is 10.0. The fourth-order valence-electron chi connectivity index (χ4n) is 3.28. The largest absolute Gasteiger partial charge is 0.447 e. The molecule has 3 aromatic carbocycles. The van der Waals surface area contributed by atoms with Gasteiger partial charge in [0.1, 0.15) is 6.61 Å². The van der Waals surface area contributed by atoms with Crippen molar-refractivity contribution in [3.8, 4) is 0 Å². The highest BCUT2D eigenvalue weighted by atomic mass is 16.5. The zero-order valence-corrected chi connectivity index (χ0v) is 17.7. The van der Waals surface area contributed by atoms with Gasteiger partial charge in [-0.1, -0.05) is 61.2 Å². The molecule has 0 radical (unpaired) electrons. The molecule has 0 aliphatic heterocycles. The molecule has 1 atom stereocenters. The van der Waals surface area contributed by atoms with Crippen molar-refractivity contribution in [2.24, 2.45) is 0 Å². The molecule has 5 heteroatoms. The number of carbonyl (C=O) groups is 2. The summed E-state index contributed by atoms with van der Waals surface area (Å²) < 4.78 is 5.44. The third-order valence-electron chi connectivity index (χ3n) is 4.77. The van der Waals surface area contributed by atoms with Gasteiger partial charge in [-0.3, -0.25) is 10.1 Å². The molecule has 31 heavy (non-hydrogen) atoms. The Kier molecular flexibility index (Phi) is 7.22. The molecule has 0 saturated carbocycles. The number of hydrogen-bond donors (Lipinski definition) is 2. The van der Waals surface area contributed by atoms with Gasteiger partial charge < -0.3 is 10.1 Å². The molecule has 0 aromatic heterocycles. The molecule has 0 saturated heterocycles. The number of aryl methyl sites for hydroxylation is 2. The Morgan fingerprint density at radius 3 is 2.23 bits per heavy atom. The Bertz CT molecular complexity index is 1040. The highest BCUT2D eigenvalue weighted by molar-refractivity contribution is 5.94. The van der Waals surface area contributed by atoms with E-state index in [9.17, 15) is 9.59 Å². The number of nitrogens with one attached hydrogen (secondary N) is 2. The van der Waals surface area contributed by atoms with Gasteiger partial charge in [0, 0.05) is 11.3 Å². The monoisotopic (exact) mass is 414 g/mol. The minimum atomic E-state index is -0.574. The summed E-state index contributed by atoms with van der Waals surface area (Å²) in [6, 6.07) is 21.8. The molecule has 3 aromatic rings. The molecule has 0 bridgehead atoms. The Morgan fingerprint density at radius 1 is 0.968 bits per heavy atom. The molecule has 0 fully saturated rings. The molecule has 5 nitrogen and oxygen atoms in total. The van der Waals surface area contributed by atoms with Gasteiger partial charge in [0.15, 0.2) is 0 Å². The summed E-state index contributed by atoms with van der Waals surface area (Å²) in [5, 5.41) is 5.70. The quantitative estimate of drug-likeness (QED) is 0.524. The van der Waals surface area contributed by atoms with Crippen molar-refractivity contribution in [2.45, 2.75) is 19.9 Å². The normalized spacial score (nSPS) is 11.3. The van der Waals surface area contributed by atoms with Gasteiger partial charge in [-0.05, 0) is 60.4 Å². The van der Waals surface area contributed by atoms with Gasteiger partial charge in [-0.2, -0.15) is 0 Å². The Hall–Kier alpha value is -3.86. The van der Waals surface area contributed by atoms with E-state index in [1.54, 1.807) is 18.2 Å². The van der Waals surface area contributed by atoms with E-state index in [1.165, 1.54) is 0 Å². The number of amides is 2. The lowest BCUT2D eigenvalue weighted by Gasteiger charge is -2.19. The lowest BCUT2D eigenvalue weighted by Crippen LogP contribution is -2.32. The van der Waals surface area contributed by atoms with Crippen LogP contribution in [0.5, 0.6) is 0 Å². The smallest absolute Gasteiger partial charge is 0.411 e. The average molecular weight is 415 g/mol. The van der Waals surface area contributed by atoms with E-state index in [0.717, 1.165) is 22.3 Å². The van der Waals surface area contributed by atoms with Crippen LogP contribution in [-0.2, 0) is 4.74 Å². The molecule has 2 amide bonds. The van der Waals surface area contributed by atoms with Crippen molar-refractivity contribution >= 4 is 23.8 Å². The van der Waals surface area contributed by atoms with Crippen LogP contribution >= 0.6 is 0 Å². The van der Waals surface area contributed by atoms with Gasteiger partial charge in [-0.15, -0.1) is 0 Å². The maximum atomic E-state index is 12.7. The summed E-state index contributed by atoms with van der Waals surface area (Å²) in [4.78, 5) is 25.1. The molecule has 0 spiro atoms. The van der Waals surface area contributed by atoms with Crippen LogP contribution in [0.1, 0.15) is 38.7 Å². The van der Waals surface area contributed by atoms with E-state index < -0.39 is 12.1 Å². The third-order valence-corrected chi connectivity index (χ3v) is 4.77. The SMILES string of the molecule is C=Cc1ccc(C(=O)N[C@H](COC(=O)Nc2cc(C)cc(C)c2)c2ccccc2)cc1. The first kappa shape index (κ1) is 21.8. The molecule has 2 N–H and O–H groups in total. The van der Waals surface area contributed by atoms with E-state index in [1.807, 2.05) is 74.5 Å². The fraction of sp³-hybridized carbons (Fsp3) is 0.154. The third kappa shape index (κ3) is 6.31.